The number of ether oxygens (including phenoxy) is 3. The highest BCUT2D eigenvalue weighted by Gasteiger charge is 2.29. The summed E-state index contributed by atoms with van der Waals surface area (Å²) in [6.45, 7) is 0.354. The molecule has 3 aromatic carbocycles. The summed E-state index contributed by atoms with van der Waals surface area (Å²) in [4.78, 5) is 12.8. The lowest BCUT2D eigenvalue weighted by Gasteiger charge is -2.17. The minimum Gasteiger partial charge on any atom is -0.462 e. The van der Waals surface area contributed by atoms with Crippen molar-refractivity contribution < 1.29 is 32.2 Å². The van der Waals surface area contributed by atoms with Crippen LogP contribution in [-0.2, 0) is 9.47 Å². The molecule has 0 saturated heterocycles. The minimum atomic E-state index is -1.81. The van der Waals surface area contributed by atoms with E-state index in [4.69, 9.17) is 19.5 Å². The largest absolute Gasteiger partial charge is 0.462 e. The Morgan fingerprint density at radius 3 is 2.18 bits per heavy atom. The maximum atomic E-state index is 15.0. The molecule has 34 heavy (non-hydrogen) atoms. The SMILES string of the molecule is COCCCOC(=O)c1cccc(-c2ccccc2)c1Oc1c(F)c(F)c(C#N)c(C#N)c1F. The predicted octanol–water partition coefficient (Wildman–Crippen LogP) is 5.50. The number of hydrogen-bond acceptors (Lipinski definition) is 6. The van der Waals surface area contributed by atoms with Gasteiger partial charge in [-0.1, -0.05) is 42.5 Å². The summed E-state index contributed by atoms with van der Waals surface area (Å²) >= 11 is 0. The van der Waals surface area contributed by atoms with Crippen LogP contribution in [0.4, 0.5) is 13.2 Å². The van der Waals surface area contributed by atoms with Gasteiger partial charge in [-0.05, 0) is 11.6 Å². The molecule has 0 fully saturated rings. The van der Waals surface area contributed by atoms with Gasteiger partial charge in [0, 0.05) is 25.7 Å². The zero-order chi connectivity index (χ0) is 24.7. The van der Waals surface area contributed by atoms with Gasteiger partial charge in [-0.2, -0.15) is 14.9 Å². The Labute approximate surface area is 193 Å². The van der Waals surface area contributed by atoms with Gasteiger partial charge >= 0.3 is 5.97 Å². The molecule has 0 bridgehead atoms. The summed E-state index contributed by atoms with van der Waals surface area (Å²) in [5, 5.41) is 18.2. The average Bonchev–Trinajstić information content (AvgIpc) is 2.86. The number of nitriles is 2. The third kappa shape index (κ3) is 4.85. The number of para-hydroxylation sites is 1. The summed E-state index contributed by atoms with van der Waals surface area (Å²) in [7, 11) is 1.49. The van der Waals surface area contributed by atoms with Gasteiger partial charge in [-0.15, -0.1) is 0 Å². The molecule has 0 radical (unpaired) electrons. The Morgan fingerprint density at radius 2 is 1.53 bits per heavy atom. The van der Waals surface area contributed by atoms with E-state index in [1.165, 1.54) is 37.4 Å². The molecule has 0 aliphatic rings. The first-order valence-corrected chi connectivity index (χ1v) is 9.97. The maximum Gasteiger partial charge on any atom is 0.341 e. The summed E-state index contributed by atoms with van der Waals surface area (Å²) in [5.41, 5.74) is -1.49. The van der Waals surface area contributed by atoms with E-state index in [9.17, 15) is 23.2 Å². The van der Waals surface area contributed by atoms with E-state index >= 15 is 0 Å². The third-order valence-corrected chi connectivity index (χ3v) is 4.75. The van der Waals surface area contributed by atoms with Gasteiger partial charge in [0.1, 0.15) is 34.6 Å². The summed E-state index contributed by atoms with van der Waals surface area (Å²) in [6.07, 6.45) is 0.409. The van der Waals surface area contributed by atoms with Crippen molar-refractivity contribution >= 4 is 5.97 Å². The number of esters is 1. The Morgan fingerprint density at radius 1 is 0.853 bits per heavy atom. The number of benzene rings is 3. The van der Waals surface area contributed by atoms with Crippen LogP contribution in [0.15, 0.2) is 48.5 Å². The van der Waals surface area contributed by atoms with E-state index < -0.39 is 40.3 Å². The van der Waals surface area contributed by atoms with Gasteiger partial charge < -0.3 is 14.2 Å². The second kappa shape index (κ2) is 11.0. The highest BCUT2D eigenvalue weighted by Crippen LogP contribution is 2.40. The number of halogens is 3. The van der Waals surface area contributed by atoms with Gasteiger partial charge in [0.15, 0.2) is 11.6 Å². The molecular formula is C25H17F3N2O4. The molecule has 0 aromatic heterocycles. The van der Waals surface area contributed by atoms with E-state index in [1.54, 1.807) is 30.3 Å². The molecule has 0 heterocycles. The lowest BCUT2D eigenvalue weighted by molar-refractivity contribution is 0.0465. The van der Waals surface area contributed by atoms with Crippen LogP contribution in [0.3, 0.4) is 0 Å². The fraction of sp³-hybridized carbons (Fsp3) is 0.160. The Hall–Kier alpha value is -4.34. The fourth-order valence-corrected chi connectivity index (χ4v) is 3.14. The summed E-state index contributed by atoms with van der Waals surface area (Å²) < 4.78 is 59.7. The molecule has 9 heteroatoms. The molecule has 0 aliphatic heterocycles. The van der Waals surface area contributed by atoms with Crippen molar-refractivity contribution in [2.24, 2.45) is 0 Å². The molecule has 3 aromatic rings. The topological polar surface area (TPSA) is 92.3 Å². The van der Waals surface area contributed by atoms with Crippen LogP contribution in [0, 0.1) is 40.1 Å². The molecular weight excluding hydrogens is 449 g/mol. The number of carbonyl (C=O) groups excluding carboxylic acids is 1. The number of nitrogens with zero attached hydrogens (tertiary/aromatic N) is 2. The van der Waals surface area contributed by atoms with E-state index in [0.29, 0.717) is 18.6 Å². The van der Waals surface area contributed by atoms with Gasteiger partial charge in [0.2, 0.25) is 11.6 Å². The van der Waals surface area contributed by atoms with Crippen LogP contribution in [0.5, 0.6) is 11.5 Å². The Kier molecular flexibility index (Phi) is 7.86. The van der Waals surface area contributed by atoms with Gasteiger partial charge in [-0.25, -0.2) is 13.6 Å². The van der Waals surface area contributed by atoms with Gasteiger partial charge in [0.05, 0.1) is 6.61 Å². The van der Waals surface area contributed by atoms with Crippen molar-refractivity contribution in [1.29, 1.82) is 10.5 Å². The van der Waals surface area contributed by atoms with E-state index in [1.807, 2.05) is 0 Å². The standard InChI is InChI=1S/C25H17F3N2O4/c1-32-11-6-12-33-25(31)17-10-5-9-16(15-7-3-2-4-8-15)23(17)34-24-21(27)19(14-30)18(13-29)20(26)22(24)28/h2-5,7-10H,6,11-12H2,1H3. The van der Waals surface area contributed by atoms with Crippen molar-refractivity contribution in [2.75, 3.05) is 20.3 Å². The molecule has 3 rings (SSSR count). The van der Waals surface area contributed by atoms with Crippen molar-refractivity contribution in [2.45, 2.75) is 6.42 Å². The highest BCUT2D eigenvalue weighted by atomic mass is 19.2. The first kappa shape index (κ1) is 24.3. The maximum absolute atomic E-state index is 15.0. The van der Waals surface area contributed by atoms with Gasteiger partial charge in [-0.3, -0.25) is 0 Å². The normalized spacial score (nSPS) is 10.3. The molecule has 0 amide bonds. The summed E-state index contributed by atoms with van der Waals surface area (Å²) in [6, 6.07) is 15.5. The smallest absolute Gasteiger partial charge is 0.341 e. The first-order valence-electron chi connectivity index (χ1n) is 9.97. The van der Waals surface area contributed by atoms with Crippen LogP contribution in [0.2, 0.25) is 0 Å². The Bertz CT molecular complexity index is 1300. The van der Waals surface area contributed by atoms with Crippen LogP contribution in [-0.4, -0.2) is 26.3 Å². The Balaban J connectivity index is 2.17. The lowest BCUT2D eigenvalue weighted by Crippen LogP contribution is -2.11. The second-order valence-electron chi connectivity index (χ2n) is 6.88. The van der Waals surface area contributed by atoms with Crippen molar-refractivity contribution in [1.82, 2.24) is 0 Å². The molecule has 6 nitrogen and oxygen atoms in total. The number of hydrogen-bond donors (Lipinski definition) is 0. The van der Waals surface area contributed by atoms with Crippen LogP contribution >= 0.6 is 0 Å². The van der Waals surface area contributed by atoms with Crippen molar-refractivity contribution in [3.63, 3.8) is 0 Å². The zero-order valence-electron chi connectivity index (χ0n) is 17.9. The van der Waals surface area contributed by atoms with E-state index in [0.717, 1.165) is 0 Å². The van der Waals surface area contributed by atoms with Crippen LogP contribution in [0.25, 0.3) is 11.1 Å². The molecule has 172 valence electrons. The quantitative estimate of drug-likeness (QED) is 0.247. The summed E-state index contributed by atoms with van der Waals surface area (Å²) in [5.74, 6) is -7.53. The van der Waals surface area contributed by atoms with E-state index in [2.05, 4.69) is 0 Å². The first-order chi connectivity index (χ1) is 16.4. The molecule has 0 saturated carbocycles. The highest BCUT2D eigenvalue weighted by molar-refractivity contribution is 5.96. The molecule has 0 spiro atoms. The zero-order valence-corrected chi connectivity index (χ0v) is 17.9. The fourth-order valence-electron chi connectivity index (χ4n) is 3.14. The number of methoxy groups -OCH3 is 1. The monoisotopic (exact) mass is 466 g/mol. The molecule has 0 aliphatic carbocycles. The predicted molar refractivity (Wildman–Crippen MR) is 114 cm³/mol. The third-order valence-electron chi connectivity index (χ3n) is 4.75. The van der Waals surface area contributed by atoms with E-state index in [-0.39, 0.29) is 23.5 Å². The van der Waals surface area contributed by atoms with Crippen LogP contribution in [0.1, 0.15) is 27.9 Å². The van der Waals surface area contributed by atoms with Crippen molar-refractivity contribution in [3.8, 4) is 34.8 Å². The minimum absolute atomic E-state index is 0.00841. The molecule has 0 unspecified atom stereocenters. The molecule has 0 atom stereocenters. The average molecular weight is 466 g/mol. The van der Waals surface area contributed by atoms with Crippen molar-refractivity contribution in [3.05, 3.63) is 82.7 Å². The molecule has 0 N–H and O–H groups in total. The van der Waals surface area contributed by atoms with Gasteiger partial charge in [0.25, 0.3) is 0 Å². The number of rotatable bonds is 8. The van der Waals surface area contributed by atoms with Crippen LogP contribution < -0.4 is 4.74 Å². The lowest BCUT2D eigenvalue weighted by atomic mass is 10.0. The second-order valence-corrected chi connectivity index (χ2v) is 6.88. The number of carbonyl (C=O) groups is 1.